The van der Waals surface area contributed by atoms with Crippen LogP contribution in [-0.2, 0) is 16.1 Å². The first-order valence-corrected chi connectivity index (χ1v) is 11.5. The van der Waals surface area contributed by atoms with Gasteiger partial charge in [-0.15, -0.1) is 0 Å². The topological polar surface area (TPSA) is 156 Å². The van der Waals surface area contributed by atoms with Crippen molar-refractivity contribution in [3.63, 3.8) is 0 Å². The maximum absolute atomic E-state index is 13.7. The zero-order valence-electron chi connectivity index (χ0n) is 20.1. The van der Waals surface area contributed by atoms with Gasteiger partial charge in [-0.1, -0.05) is 5.16 Å². The van der Waals surface area contributed by atoms with Crippen LogP contribution in [0.5, 0.6) is 0 Å². The fourth-order valence-electron chi connectivity index (χ4n) is 4.07. The first-order valence-electron chi connectivity index (χ1n) is 11.5. The number of carbonyl (C=O) groups excluding carboxylic acids is 1. The molecule has 0 radical (unpaired) electrons. The summed E-state index contributed by atoms with van der Waals surface area (Å²) < 4.78 is 32.9. The van der Waals surface area contributed by atoms with Crippen molar-refractivity contribution in [2.75, 3.05) is 10.6 Å². The van der Waals surface area contributed by atoms with Crippen LogP contribution < -0.4 is 10.6 Å². The highest BCUT2D eigenvalue weighted by Crippen LogP contribution is 2.55. The number of alkyl halides is 2. The summed E-state index contributed by atoms with van der Waals surface area (Å²) in [6.45, 7) is 3.62. The molecule has 0 bridgehead atoms. The minimum Gasteiger partial charge on any atom is -0.481 e. The summed E-state index contributed by atoms with van der Waals surface area (Å²) in [5.41, 5.74) is 3.77. The van der Waals surface area contributed by atoms with Gasteiger partial charge in [0.25, 0.3) is 5.92 Å². The Kier molecular flexibility index (Phi) is 6.27. The van der Waals surface area contributed by atoms with Gasteiger partial charge in [-0.3, -0.25) is 14.6 Å². The molecule has 3 N–H and O–H groups in total. The van der Waals surface area contributed by atoms with Gasteiger partial charge < -0.3 is 20.3 Å². The molecule has 13 heteroatoms. The molecular formula is C25H21F2N7O4. The van der Waals surface area contributed by atoms with E-state index in [0.717, 1.165) is 5.56 Å². The molecular weight excluding hydrogens is 500 g/mol. The standard InChI is InChI=1S/C25H21F2N7O4/c1-12-15(11-30-24-29-9-7-17(33-24)14-4-3-8-28-10-14)21(38-34-12)18-6-5-16(13(2)31-18)32-22(35)19-20(23(36)37)25(19,26)27/h3-10,19-20H,11H2,1-2H3,(H,32,35)(H,36,37)(H,29,30,33). The first-order chi connectivity index (χ1) is 18.2. The van der Waals surface area contributed by atoms with Crippen LogP contribution in [0.2, 0.25) is 0 Å². The number of aromatic nitrogens is 5. The lowest BCUT2D eigenvalue weighted by Gasteiger charge is -2.10. The first kappa shape index (κ1) is 24.9. The van der Waals surface area contributed by atoms with E-state index in [0.29, 0.717) is 40.0 Å². The number of carbonyl (C=O) groups is 2. The minimum absolute atomic E-state index is 0.183. The van der Waals surface area contributed by atoms with E-state index >= 15 is 0 Å². The smallest absolute Gasteiger partial charge is 0.313 e. The summed E-state index contributed by atoms with van der Waals surface area (Å²) >= 11 is 0. The zero-order valence-corrected chi connectivity index (χ0v) is 20.1. The highest BCUT2D eigenvalue weighted by atomic mass is 19.3. The molecule has 38 heavy (non-hydrogen) atoms. The maximum Gasteiger partial charge on any atom is 0.313 e. The highest BCUT2D eigenvalue weighted by molar-refractivity contribution is 6.00. The summed E-state index contributed by atoms with van der Waals surface area (Å²) in [7, 11) is 0. The van der Waals surface area contributed by atoms with Crippen LogP contribution >= 0.6 is 0 Å². The zero-order chi connectivity index (χ0) is 27.0. The molecule has 4 heterocycles. The van der Waals surface area contributed by atoms with Gasteiger partial charge in [0.1, 0.15) is 17.5 Å². The molecule has 4 aromatic rings. The van der Waals surface area contributed by atoms with Gasteiger partial charge in [0.05, 0.1) is 22.8 Å². The largest absolute Gasteiger partial charge is 0.481 e. The number of aliphatic carboxylic acids is 1. The molecule has 1 aliphatic carbocycles. The summed E-state index contributed by atoms with van der Waals surface area (Å²) in [6.07, 6.45) is 5.01. The number of rotatable bonds is 8. The third-order valence-electron chi connectivity index (χ3n) is 6.20. The molecule has 0 saturated heterocycles. The average molecular weight is 521 g/mol. The number of hydrogen-bond donors (Lipinski definition) is 3. The Bertz CT molecular complexity index is 1530. The SMILES string of the molecule is Cc1nc(-c2onc(C)c2CNc2nccc(-c3cccnc3)n2)ccc1NC(=O)C1C(C(=O)O)C1(F)F. The van der Waals surface area contributed by atoms with Crippen molar-refractivity contribution in [1.29, 1.82) is 0 Å². The second-order valence-corrected chi connectivity index (χ2v) is 8.72. The minimum atomic E-state index is -3.59. The molecule has 0 spiro atoms. The molecule has 11 nitrogen and oxygen atoms in total. The monoisotopic (exact) mass is 521 g/mol. The predicted molar refractivity (Wildman–Crippen MR) is 130 cm³/mol. The van der Waals surface area contributed by atoms with Crippen LogP contribution in [0.25, 0.3) is 22.7 Å². The Balaban J connectivity index is 1.31. The van der Waals surface area contributed by atoms with Crippen LogP contribution in [-0.4, -0.2) is 48.0 Å². The predicted octanol–water partition coefficient (Wildman–Crippen LogP) is 3.72. The van der Waals surface area contributed by atoms with Gasteiger partial charge >= 0.3 is 5.97 Å². The van der Waals surface area contributed by atoms with Crippen LogP contribution in [0.15, 0.2) is 53.4 Å². The molecule has 2 unspecified atom stereocenters. The van der Waals surface area contributed by atoms with Crippen molar-refractivity contribution < 1.29 is 28.0 Å². The van der Waals surface area contributed by atoms with Crippen LogP contribution in [0.1, 0.15) is 17.0 Å². The van der Waals surface area contributed by atoms with Crippen molar-refractivity contribution in [2.24, 2.45) is 11.8 Å². The van der Waals surface area contributed by atoms with Gasteiger partial charge in [-0.05, 0) is 44.2 Å². The Morgan fingerprint density at radius 1 is 1.05 bits per heavy atom. The number of halogens is 2. The second-order valence-electron chi connectivity index (χ2n) is 8.72. The van der Waals surface area contributed by atoms with Gasteiger partial charge in [-0.25, -0.2) is 23.7 Å². The maximum atomic E-state index is 13.7. The molecule has 0 aromatic carbocycles. The lowest BCUT2D eigenvalue weighted by atomic mass is 10.1. The van der Waals surface area contributed by atoms with Crippen LogP contribution in [0, 0.1) is 25.7 Å². The number of carboxylic acids is 1. The Morgan fingerprint density at radius 2 is 1.87 bits per heavy atom. The van der Waals surface area contributed by atoms with E-state index in [2.05, 4.69) is 35.7 Å². The molecule has 1 saturated carbocycles. The highest BCUT2D eigenvalue weighted by Gasteiger charge is 2.76. The van der Waals surface area contributed by atoms with Crippen LogP contribution in [0.4, 0.5) is 20.4 Å². The van der Waals surface area contributed by atoms with E-state index in [1.165, 1.54) is 6.07 Å². The van der Waals surface area contributed by atoms with E-state index in [9.17, 15) is 18.4 Å². The third-order valence-corrected chi connectivity index (χ3v) is 6.20. The van der Waals surface area contributed by atoms with E-state index in [4.69, 9.17) is 9.63 Å². The van der Waals surface area contributed by atoms with Gasteiger partial charge in [-0.2, -0.15) is 0 Å². The fourth-order valence-corrected chi connectivity index (χ4v) is 4.07. The Hall–Kier alpha value is -4.81. The molecule has 1 fully saturated rings. The average Bonchev–Trinajstić information content (AvgIpc) is 3.31. The fraction of sp³-hybridized carbons (Fsp3) is 0.240. The van der Waals surface area contributed by atoms with E-state index in [1.54, 1.807) is 44.6 Å². The van der Waals surface area contributed by atoms with E-state index in [-0.39, 0.29) is 12.2 Å². The number of carboxylic acid groups (broad SMARTS) is 1. The number of nitrogens with one attached hydrogen (secondary N) is 2. The molecule has 5 rings (SSSR count). The number of aryl methyl sites for hydroxylation is 2. The molecule has 0 aliphatic heterocycles. The number of hydrogen-bond acceptors (Lipinski definition) is 9. The Morgan fingerprint density at radius 3 is 2.55 bits per heavy atom. The number of pyridine rings is 2. The second kappa shape index (κ2) is 9.57. The molecule has 1 aliphatic rings. The van der Waals surface area contributed by atoms with Gasteiger partial charge in [0, 0.05) is 36.3 Å². The van der Waals surface area contributed by atoms with Crippen molar-refractivity contribution in [3.8, 4) is 22.7 Å². The van der Waals surface area contributed by atoms with Gasteiger partial charge in [0.2, 0.25) is 11.9 Å². The lowest BCUT2D eigenvalue weighted by molar-refractivity contribution is -0.141. The summed E-state index contributed by atoms with van der Waals surface area (Å²) in [6, 6.07) is 8.52. The molecule has 1 amide bonds. The quantitative estimate of drug-likeness (QED) is 0.312. The van der Waals surface area contributed by atoms with E-state index < -0.39 is 29.6 Å². The lowest BCUT2D eigenvalue weighted by Crippen LogP contribution is -2.19. The van der Waals surface area contributed by atoms with Crippen molar-refractivity contribution in [1.82, 2.24) is 25.1 Å². The summed E-state index contributed by atoms with van der Waals surface area (Å²) in [4.78, 5) is 40.5. The summed E-state index contributed by atoms with van der Waals surface area (Å²) in [5, 5.41) is 18.4. The third kappa shape index (κ3) is 4.65. The van der Waals surface area contributed by atoms with Crippen molar-refractivity contribution in [3.05, 3.63) is 65.9 Å². The number of amides is 1. The van der Waals surface area contributed by atoms with Crippen LogP contribution in [0.3, 0.4) is 0 Å². The molecule has 194 valence electrons. The Labute approximate surface area is 214 Å². The molecule has 4 aromatic heterocycles. The van der Waals surface area contributed by atoms with Crippen molar-refractivity contribution in [2.45, 2.75) is 26.3 Å². The molecule has 2 atom stereocenters. The van der Waals surface area contributed by atoms with Gasteiger partial charge in [0.15, 0.2) is 5.76 Å². The summed E-state index contributed by atoms with van der Waals surface area (Å²) in [5.74, 6) is -9.57. The number of nitrogens with zero attached hydrogens (tertiary/aromatic N) is 5. The normalized spacial score (nSPS) is 17.6. The number of anilines is 2. The van der Waals surface area contributed by atoms with E-state index in [1.807, 2.05) is 12.1 Å². The van der Waals surface area contributed by atoms with Crippen molar-refractivity contribution >= 4 is 23.5 Å².